The average Bonchev–Trinajstić information content (AvgIpc) is 2.17. The van der Waals surface area contributed by atoms with Crippen molar-refractivity contribution in [1.29, 1.82) is 0 Å². The fourth-order valence-corrected chi connectivity index (χ4v) is 2.02. The summed E-state index contributed by atoms with van der Waals surface area (Å²) in [5.74, 6) is 0. The van der Waals surface area contributed by atoms with E-state index in [0.717, 1.165) is 5.33 Å². The molecule has 0 N–H and O–H groups in total. The van der Waals surface area contributed by atoms with Gasteiger partial charge in [-0.2, -0.15) is 0 Å². The van der Waals surface area contributed by atoms with E-state index in [1.165, 1.54) is 42.4 Å². The fourth-order valence-electron chi connectivity index (χ4n) is 1.47. The zero-order chi connectivity index (χ0) is 12.4. The van der Waals surface area contributed by atoms with Crippen LogP contribution in [0.1, 0.15) is 53.4 Å². The quantitative estimate of drug-likeness (QED) is 0.409. The van der Waals surface area contributed by atoms with Crippen molar-refractivity contribution in [1.82, 2.24) is 0 Å². The highest BCUT2D eigenvalue weighted by atomic mass is 79.9. The Bertz CT molecular complexity index is 265. The minimum atomic E-state index is 0.974. The summed E-state index contributed by atoms with van der Waals surface area (Å²) >= 11 is 3.42. The van der Waals surface area contributed by atoms with Crippen LogP contribution >= 0.6 is 15.9 Å². The lowest BCUT2D eigenvalue weighted by Crippen LogP contribution is -1.81. The van der Waals surface area contributed by atoms with Gasteiger partial charge in [-0.15, -0.1) is 0 Å². The molecule has 0 aromatic carbocycles. The predicted octanol–water partition coefficient (Wildman–Crippen LogP) is 5.80. The van der Waals surface area contributed by atoms with E-state index in [-0.39, 0.29) is 0 Å². The zero-order valence-electron chi connectivity index (χ0n) is 11.1. The molecular formula is C15H25Br. The van der Waals surface area contributed by atoms with E-state index in [0.29, 0.717) is 0 Å². The van der Waals surface area contributed by atoms with Crippen molar-refractivity contribution in [3.05, 3.63) is 34.9 Å². The van der Waals surface area contributed by atoms with E-state index >= 15 is 0 Å². The minimum absolute atomic E-state index is 0.974. The van der Waals surface area contributed by atoms with Gasteiger partial charge in [-0.1, -0.05) is 50.9 Å². The first-order valence-electron chi connectivity index (χ1n) is 6.07. The predicted molar refractivity (Wildman–Crippen MR) is 79.2 cm³/mol. The van der Waals surface area contributed by atoms with Gasteiger partial charge in [0.25, 0.3) is 0 Å². The monoisotopic (exact) mass is 284 g/mol. The van der Waals surface area contributed by atoms with Gasteiger partial charge in [-0.25, -0.2) is 0 Å². The number of hydrogen-bond acceptors (Lipinski definition) is 0. The zero-order valence-corrected chi connectivity index (χ0v) is 12.7. The summed E-state index contributed by atoms with van der Waals surface area (Å²) in [6.07, 6.45) is 11.7. The van der Waals surface area contributed by atoms with E-state index in [1.54, 1.807) is 0 Å². The van der Waals surface area contributed by atoms with Crippen LogP contribution in [-0.2, 0) is 0 Å². The maximum absolute atomic E-state index is 3.42. The summed E-state index contributed by atoms with van der Waals surface area (Å²) in [4.78, 5) is 0. The third-order valence-electron chi connectivity index (χ3n) is 2.55. The molecule has 0 spiro atoms. The second-order valence-electron chi connectivity index (χ2n) is 4.61. The molecule has 0 amide bonds. The smallest absolute Gasteiger partial charge is 0.0214 e. The molecule has 1 heteroatoms. The van der Waals surface area contributed by atoms with Crippen LogP contribution < -0.4 is 0 Å². The van der Waals surface area contributed by atoms with E-state index < -0.39 is 0 Å². The topological polar surface area (TPSA) is 0 Å². The van der Waals surface area contributed by atoms with Crippen LogP contribution in [0.3, 0.4) is 0 Å². The molecule has 0 aliphatic rings. The van der Waals surface area contributed by atoms with Crippen molar-refractivity contribution >= 4 is 15.9 Å². The van der Waals surface area contributed by atoms with Gasteiger partial charge in [-0.05, 0) is 53.4 Å². The van der Waals surface area contributed by atoms with Gasteiger partial charge in [-0.3, -0.25) is 0 Å². The molecule has 0 atom stereocenters. The third-order valence-corrected chi connectivity index (χ3v) is 2.87. The van der Waals surface area contributed by atoms with Crippen LogP contribution in [0, 0.1) is 0 Å². The lowest BCUT2D eigenvalue weighted by Gasteiger charge is -2.00. The lowest BCUT2D eigenvalue weighted by molar-refractivity contribution is 0.917. The Morgan fingerprint density at radius 3 is 1.81 bits per heavy atom. The van der Waals surface area contributed by atoms with Crippen LogP contribution in [0.4, 0.5) is 0 Å². The first kappa shape index (κ1) is 15.7. The second kappa shape index (κ2) is 9.89. The summed E-state index contributed by atoms with van der Waals surface area (Å²) < 4.78 is 0. The summed E-state index contributed by atoms with van der Waals surface area (Å²) in [5, 5.41) is 0.974. The molecule has 0 radical (unpaired) electrons. The molecule has 0 fully saturated rings. The molecule has 0 nitrogen and oxygen atoms in total. The molecule has 0 heterocycles. The van der Waals surface area contributed by atoms with Crippen LogP contribution in [0.5, 0.6) is 0 Å². The van der Waals surface area contributed by atoms with Crippen LogP contribution in [0.25, 0.3) is 0 Å². The normalized spacial score (nSPS) is 12.8. The summed E-state index contributed by atoms with van der Waals surface area (Å²) in [6, 6.07) is 0. The molecule has 16 heavy (non-hydrogen) atoms. The highest BCUT2D eigenvalue weighted by Gasteiger charge is 1.91. The number of alkyl halides is 1. The highest BCUT2D eigenvalue weighted by Crippen LogP contribution is 2.11. The first-order valence-corrected chi connectivity index (χ1v) is 7.19. The summed E-state index contributed by atoms with van der Waals surface area (Å²) in [5.41, 5.74) is 4.42. The maximum atomic E-state index is 3.42. The standard InChI is InChI=1S/C15H25Br/c1-13(2)7-5-8-14(3)9-6-10-15(4)11-12-16/h7,9,11H,5-6,8,10,12H2,1-4H3/b14-9+,15-11?. The number of allylic oxidation sites excluding steroid dienone is 6. The highest BCUT2D eigenvalue weighted by molar-refractivity contribution is 9.09. The second-order valence-corrected chi connectivity index (χ2v) is 5.26. The number of hydrogen-bond donors (Lipinski definition) is 0. The van der Waals surface area contributed by atoms with Gasteiger partial charge < -0.3 is 0 Å². The van der Waals surface area contributed by atoms with Gasteiger partial charge in [0.15, 0.2) is 0 Å². The van der Waals surface area contributed by atoms with Gasteiger partial charge in [0.05, 0.1) is 0 Å². The van der Waals surface area contributed by atoms with Gasteiger partial charge in [0.2, 0.25) is 0 Å². The molecule has 0 rings (SSSR count). The Hall–Kier alpha value is -0.300. The lowest BCUT2D eigenvalue weighted by atomic mass is 10.1. The molecule has 0 saturated carbocycles. The average molecular weight is 285 g/mol. The Balaban J connectivity index is 3.79. The van der Waals surface area contributed by atoms with E-state index in [4.69, 9.17) is 0 Å². The van der Waals surface area contributed by atoms with Crippen LogP contribution in [-0.4, -0.2) is 5.33 Å². The molecular weight excluding hydrogens is 260 g/mol. The van der Waals surface area contributed by atoms with Crippen LogP contribution in [0.2, 0.25) is 0 Å². The molecule has 0 aliphatic heterocycles. The van der Waals surface area contributed by atoms with Crippen molar-refractivity contribution in [3.63, 3.8) is 0 Å². The van der Waals surface area contributed by atoms with Crippen molar-refractivity contribution in [2.45, 2.75) is 53.4 Å². The van der Waals surface area contributed by atoms with E-state index in [9.17, 15) is 0 Å². The molecule has 0 unspecified atom stereocenters. The van der Waals surface area contributed by atoms with E-state index in [1.807, 2.05) is 0 Å². The van der Waals surface area contributed by atoms with Crippen LogP contribution in [0.15, 0.2) is 34.9 Å². The summed E-state index contributed by atoms with van der Waals surface area (Å²) in [6.45, 7) is 8.76. The molecule has 0 saturated heterocycles. The minimum Gasteiger partial charge on any atom is -0.0883 e. The fraction of sp³-hybridized carbons (Fsp3) is 0.600. The van der Waals surface area contributed by atoms with Gasteiger partial charge in [0, 0.05) is 5.33 Å². The maximum Gasteiger partial charge on any atom is 0.0214 e. The SMILES string of the molecule is CC(C)=CCC/C(C)=C/CCC(C)=CCBr. The number of halogens is 1. The molecule has 92 valence electrons. The largest absolute Gasteiger partial charge is 0.0883 e. The van der Waals surface area contributed by atoms with Crippen molar-refractivity contribution < 1.29 is 0 Å². The first-order chi connectivity index (χ1) is 7.56. The molecule has 0 aromatic rings. The molecule has 0 aromatic heterocycles. The third kappa shape index (κ3) is 10.2. The Morgan fingerprint density at radius 1 is 0.812 bits per heavy atom. The molecule has 0 bridgehead atoms. The van der Waals surface area contributed by atoms with Crippen molar-refractivity contribution in [3.8, 4) is 0 Å². The van der Waals surface area contributed by atoms with Gasteiger partial charge in [0.1, 0.15) is 0 Å². The number of rotatable bonds is 7. The van der Waals surface area contributed by atoms with E-state index in [2.05, 4.69) is 61.9 Å². The Morgan fingerprint density at radius 2 is 1.31 bits per heavy atom. The van der Waals surface area contributed by atoms with Crippen molar-refractivity contribution in [2.24, 2.45) is 0 Å². The Labute approximate surface area is 110 Å². The van der Waals surface area contributed by atoms with Gasteiger partial charge >= 0.3 is 0 Å². The van der Waals surface area contributed by atoms with Crippen molar-refractivity contribution in [2.75, 3.05) is 5.33 Å². The Kier molecular flexibility index (Phi) is 9.71. The summed E-state index contributed by atoms with van der Waals surface area (Å²) in [7, 11) is 0. The molecule has 0 aliphatic carbocycles.